The quantitative estimate of drug-likeness (QED) is 0.369. The summed E-state index contributed by atoms with van der Waals surface area (Å²) in [6, 6.07) is 13.7. The van der Waals surface area contributed by atoms with Crippen molar-refractivity contribution in [2.45, 2.75) is 31.1 Å². The molecule has 1 N–H and O–H groups in total. The third-order valence-corrected chi connectivity index (χ3v) is 10.0. The van der Waals surface area contributed by atoms with Gasteiger partial charge in [-0.15, -0.1) is 0 Å². The van der Waals surface area contributed by atoms with Crippen LogP contribution in [0.15, 0.2) is 53.4 Å². The van der Waals surface area contributed by atoms with Crippen LogP contribution in [0.25, 0.3) is 15.3 Å². The summed E-state index contributed by atoms with van der Waals surface area (Å²) >= 11 is 1.50. The zero-order valence-corrected chi connectivity index (χ0v) is 23.5. The lowest BCUT2D eigenvalue weighted by atomic mass is 10.2. The molecule has 11 nitrogen and oxygen atoms in total. The van der Waals surface area contributed by atoms with E-state index in [0.717, 1.165) is 40.7 Å². The molecule has 13 heteroatoms. The summed E-state index contributed by atoms with van der Waals surface area (Å²) in [7, 11) is -3.78. The van der Waals surface area contributed by atoms with Crippen molar-refractivity contribution in [2.24, 2.45) is 0 Å². The smallest absolute Gasteiger partial charge is 0.409 e. The molecule has 2 amide bonds. The Morgan fingerprint density at radius 3 is 2.50 bits per heavy atom. The molecule has 0 unspecified atom stereocenters. The standard InChI is InChI=1S/C27H28N6O5S2/c1-2-38-27(35)31-14-16-32(17-15-31)40(36,37)19-12-10-18(11-13-19)25(34)29-24-20-6-5-8-21(20)30-33(24)26-28-22-7-3-4-9-23(22)39-26/h3-4,7,9-13H,2,5-6,8,14-17H2,1H3,(H,29,34). The van der Waals surface area contributed by atoms with Gasteiger partial charge in [-0.3, -0.25) is 4.79 Å². The van der Waals surface area contributed by atoms with E-state index in [1.807, 2.05) is 24.3 Å². The van der Waals surface area contributed by atoms with Gasteiger partial charge >= 0.3 is 6.09 Å². The Balaban J connectivity index is 1.19. The molecule has 6 rings (SSSR count). The van der Waals surface area contributed by atoms with Crippen molar-refractivity contribution < 1.29 is 22.7 Å². The van der Waals surface area contributed by atoms with Gasteiger partial charge in [-0.1, -0.05) is 23.5 Å². The zero-order chi connectivity index (χ0) is 27.9. The molecule has 2 aromatic carbocycles. The van der Waals surface area contributed by atoms with Crippen LogP contribution in [-0.4, -0.2) is 77.2 Å². The maximum Gasteiger partial charge on any atom is 0.409 e. The number of fused-ring (bicyclic) bond motifs is 2. The van der Waals surface area contributed by atoms with E-state index >= 15 is 0 Å². The predicted molar refractivity (Wildman–Crippen MR) is 151 cm³/mol. The molecule has 208 valence electrons. The summed E-state index contributed by atoms with van der Waals surface area (Å²) < 4.78 is 35.5. The van der Waals surface area contributed by atoms with E-state index in [9.17, 15) is 18.0 Å². The van der Waals surface area contributed by atoms with E-state index < -0.39 is 16.1 Å². The third kappa shape index (κ3) is 4.84. The van der Waals surface area contributed by atoms with E-state index in [-0.39, 0.29) is 43.6 Å². The molecular formula is C27H28N6O5S2. The van der Waals surface area contributed by atoms with Crippen LogP contribution in [0.5, 0.6) is 0 Å². The molecule has 1 aliphatic heterocycles. The highest BCUT2D eigenvalue weighted by Gasteiger charge is 2.31. The Morgan fingerprint density at radius 2 is 1.77 bits per heavy atom. The molecule has 2 aliphatic rings. The van der Waals surface area contributed by atoms with Crippen molar-refractivity contribution in [1.82, 2.24) is 24.0 Å². The molecule has 3 heterocycles. The van der Waals surface area contributed by atoms with Gasteiger partial charge in [-0.25, -0.2) is 18.2 Å². The first-order valence-corrected chi connectivity index (χ1v) is 15.4. The number of hydrogen-bond acceptors (Lipinski definition) is 8. The number of thiazole rings is 1. The Morgan fingerprint density at radius 1 is 1.02 bits per heavy atom. The predicted octanol–water partition coefficient (Wildman–Crippen LogP) is 3.69. The molecule has 0 saturated carbocycles. The van der Waals surface area contributed by atoms with Crippen LogP contribution >= 0.6 is 11.3 Å². The van der Waals surface area contributed by atoms with Crippen molar-refractivity contribution in [1.29, 1.82) is 0 Å². The molecule has 0 spiro atoms. The highest BCUT2D eigenvalue weighted by molar-refractivity contribution is 7.89. The number of amides is 2. The number of aryl methyl sites for hydroxylation is 1. The van der Waals surface area contributed by atoms with Gasteiger partial charge in [0.1, 0.15) is 5.82 Å². The minimum absolute atomic E-state index is 0.0917. The van der Waals surface area contributed by atoms with Gasteiger partial charge < -0.3 is 15.0 Å². The number of sulfonamides is 1. The lowest BCUT2D eigenvalue weighted by Gasteiger charge is -2.33. The largest absolute Gasteiger partial charge is 0.450 e. The number of anilines is 1. The van der Waals surface area contributed by atoms with E-state index in [2.05, 4.69) is 5.32 Å². The van der Waals surface area contributed by atoms with Gasteiger partial charge in [0.2, 0.25) is 15.2 Å². The van der Waals surface area contributed by atoms with E-state index in [0.29, 0.717) is 16.5 Å². The minimum Gasteiger partial charge on any atom is -0.450 e. The lowest BCUT2D eigenvalue weighted by molar-refractivity contribution is 0.0933. The fourth-order valence-electron chi connectivity index (χ4n) is 5.04. The molecule has 1 saturated heterocycles. The van der Waals surface area contributed by atoms with Crippen molar-refractivity contribution in [2.75, 3.05) is 38.1 Å². The van der Waals surface area contributed by atoms with Crippen LogP contribution in [0.4, 0.5) is 10.6 Å². The second-order valence-corrected chi connectivity index (χ2v) is 12.5. The molecule has 2 aromatic heterocycles. The average Bonchev–Trinajstić information content (AvgIpc) is 3.69. The SMILES string of the molecule is CCOC(=O)N1CCN(S(=O)(=O)c2ccc(C(=O)Nc3c4c(nn3-c3nc5ccccc5s3)CCC4)cc2)CC1. The van der Waals surface area contributed by atoms with Gasteiger partial charge in [-0.2, -0.15) is 14.1 Å². The summed E-state index contributed by atoms with van der Waals surface area (Å²) in [6.45, 7) is 2.85. The number of carbonyl (C=O) groups is 2. The number of para-hydroxylation sites is 1. The number of ether oxygens (including phenoxy) is 1. The lowest BCUT2D eigenvalue weighted by Crippen LogP contribution is -2.50. The Bertz CT molecular complexity index is 1650. The molecule has 0 radical (unpaired) electrons. The second-order valence-electron chi connectivity index (χ2n) is 9.57. The van der Waals surface area contributed by atoms with Crippen molar-refractivity contribution >= 4 is 49.4 Å². The van der Waals surface area contributed by atoms with Crippen LogP contribution in [0.2, 0.25) is 0 Å². The monoisotopic (exact) mass is 580 g/mol. The van der Waals surface area contributed by atoms with Crippen molar-refractivity contribution in [3.05, 3.63) is 65.4 Å². The highest BCUT2D eigenvalue weighted by atomic mass is 32.2. The molecule has 1 fully saturated rings. The summed E-state index contributed by atoms with van der Waals surface area (Å²) in [5.41, 5.74) is 3.16. The number of nitrogens with one attached hydrogen (secondary N) is 1. The fraction of sp³-hybridized carbons (Fsp3) is 0.333. The third-order valence-electron chi connectivity index (χ3n) is 7.12. The molecule has 1 aliphatic carbocycles. The van der Waals surface area contributed by atoms with Crippen molar-refractivity contribution in [3.63, 3.8) is 0 Å². The van der Waals surface area contributed by atoms with Gasteiger partial charge in [0.05, 0.1) is 27.4 Å². The number of aromatic nitrogens is 3. The average molecular weight is 581 g/mol. The Labute approximate surface area is 235 Å². The highest BCUT2D eigenvalue weighted by Crippen LogP contribution is 2.34. The van der Waals surface area contributed by atoms with Gasteiger partial charge in [0, 0.05) is 37.3 Å². The number of carbonyl (C=O) groups excluding carboxylic acids is 2. The maximum absolute atomic E-state index is 13.3. The van der Waals surface area contributed by atoms with Crippen LogP contribution in [0, 0.1) is 0 Å². The normalized spacial score (nSPS) is 15.8. The Kier molecular flexibility index (Phi) is 7.02. The first-order valence-electron chi connectivity index (χ1n) is 13.1. The minimum atomic E-state index is -3.78. The number of nitrogens with zero attached hydrogens (tertiary/aromatic N) is 5. The maximum atomic E-state index is 13.3. The van der Waals surface area contributed by atoms with Gasteiger partial charge in [0.25, 0.3) is 5.91 Å². The molecular weight excluding hydrogens is 552 g/mol. The molecule has 4 aromatic rings. The van der Waals surface area contributed by atoms with Gasteiger partial charge in [0.15, 0.2) is 0 Å². The summed E-state index contributed by atoms with van der Waals surface area (Å²) in [5, 5.41) is 8.45. The first-order chi connectivity index (χ1) is 19.3. The Hall–Kier alpha value is -3.81. The molecule has 40 heavy (non-hydrogen) atoms. The molecule has 0 bridgehead atoms. The van der Waals surface area contributed by atoms with Crippen LogP contribution in [-0.2, 0) is 27.6 Å². The first kappa shape index (κ1) is 26.4. The van der Waals surface area contributed by atoms with Crippen molar-refractivity contribution in [3.8, 4) is 5.13 Å². The van der Waals surface area contributed by atoms with Crippen LogP contribution < -0.4 is 5.32 Å². The van der Waals surface area contributed by atoms with E-state index in [1.165, 1.54) is 44.8 Å². The summed E-state index contributed by atoms with van der Waals surface area (Å²) in [6.07, 6.45) is 2.19. The van der Waals surface area contributed by atoms with E-state index in [4.69, 9.17) is 14.8 Å². The number of hydrogen-bond donors (Lipinski definition) is 1. The zero-order valence-electron chi connectivity index (χ0n) is 21.9. The fourth-order valence-corrected chi connectivity index (χ4v) is 7.39. The van der Waals surface area contributed by atoms with Crippen LogP contribution in [0.3, 0.4) is 0 Å². The topological polar surface area (TPSA) is 127 Å². The number of benzene rings is 2. The van der Waals surface area contributed by atoms with Crippen LogP contribution in [0.1, 0.15) is 35.0 Å². The van der Waals surface area contributed by atoms with E-state index in [1.54, 1.807) is 11.6 Å². The summed E-state index contributed by atoms with van der Waals surface area (Å²) in [5.74, 6) is 0.247. The second kappa shape index (κ2) is 10.6. The number of piperazine rings is 1. The molecule has 0 atom stereocenters. The summed E-state index contributed by atoms with van der Waals surface area (Å²) in [4.78, 5) is 31.5. The van der Waals surface area contributed by atoms with Gasteiger partial charge in [-0.05, 0) is 62.6 Å². The number of rotatable bonds is 6.